The Bertz CT molecular complexity index is 1650. The van der Waals surface area contributed by atoms with Crippen molar-refractivity contribution in [2.45, 2.75) is 25.3 Å². The molecule has 0 unspecified atom stereocenters. The second-order valence-corrected chi connectivity index (χ2v) is 10.9. The SMILES string of the molecule is COC(=O)Cn1c(=NC(=O)c2ccc(NS(=O)(=O)c3ccc(OC)cc3)cc2)sc2cc(C)c(C)cc21. The first-order valence-corrected chi connectivity index (χ1v) is 13.4. The van der Waals surface area contributed by atoms with Gasteiger partial charge >= 0.3 is 5.97 Å². The fraction of sp³-hybridized carbons (Fsp3) is 0.192. The number of aryl methyl sites for hydroxylation is 2. The summed E-state index contributed by atoms with van der Waals surface area (Å²) in [6.07, 6.45) is 0. The fourth-order valence-electron chi connectivity index (χ4n) is 3.55. The normalized spacial score (nSPS) is 11.9. The maximum absolute atomic E-state index is 13.0. The Morgan fingerprint density at radius 2 is 1.62 bits per heavy atom. The van der Waals surface area contributed by atoms with E-state index in [9.17, 15) is 18.0 Å². The average Bonchev–Trinajstić information content (AvgIpc) is 3.19. The van der Waals surface area contributed by atoms with Crippen molar-refractivity contribution in [2.24, 2.45) is 4.99 Å². The highest BCUT2D eigenvalue weighted by Gasteiger charge is 2.16. The number of thiazole rings is 1. The van der Waals surface area contributed by atoms with Crippen LogP contribution >= 0.6 is 11.3 Å². The standard InChI is InChI=1S/C26H25N3O6S2/c1-16-13-22-23(14-17(16)2)36-26(29(22)15-24(30)35-4)27-25(31)18-5-7-19(8-6-18)28-37(32,33)21-11-9-20(34-3)10-12-21/h5-14,28H,15H2,1-4H3. The molecule has 1 heterocycles. The second kappa shape index (κ2) is 10.6. The van der Waals surface area contributed by atoms with Crippen molar-refractivity contribution < 1.29 is 27.5 Å². The van der Waals surface area contributed by atoms with E-state index in [4.69, 9.17) is 9.47 Å². The third-order valence-electron chi connectivity index (χ3n) is 5.76. The van der Waals surface area contributed by atoms with Crippen molar-refractivity contribution >= 4 is 49.1 Å². The van der Waals surface area contributed by atoms with Crippen molar-refractivity contribution in [3.63, 3.8) is 0 Å². The molecule has 0 aliphatic heterocycles. The molecule has 0 radical (unpaired) electrons. The predicted octanol–water partition coefficient (Wildman–Crippen LogP) is 4.04. The van der Waals surface area contributed by atoms with Crippen LogP contribution in [0.15, 0.2) is 70.6 Å². The minimum absolute atomic E-state index is 0.0776. The molecule has 1 aromatic heterocycles. The number of ether oxygens (including phenoxy) is 2. The molecule has 0 atom stereocenters. The van der Waals surface area contributed by atoms with E-state index in [-0.39, 0.29) is 17.0 Å². The molecule has 0 saturated carbocycles. The molecular weight excluding hydrogens is 514 g/mol. The van der Waals surface area contributed by atoms with Gasteiger partial charge in [0.05, 0.1) is 29.3 Å². The number of esters is 1. The van der Waals surface area contributed by atoms with Gasteiger partial charge in [0, 0.05) is 11.3 Å². The van der Waals surface area contributed by atoms with Gasteiger partial charge in [-0.2, -0.15) is 4.99 Å². The number of sulfonamides is 1. The van der Waals surface area contributed by atoms with Crippen molar-refractivity contribution in [3.05, 3.63) is 82.2 Å². The van der Waals surface area contributed by atoms with Gasteiger partial charge in [0.25, 0.3) is 15.9 Å². The van der Waals surface area contributed by atoms with Crippen LogP contribution in [0.2, 0.25) is 0 Å². The number of hydrogen-bond acceptors (Lipinski definition) is 7. The molecule has 37 heavy (non-hydrogen) atoms. The number of methoxy groups -OCH3 is 2. The molecule has 0 spiro atoms. The van der Waals surface area contributed by atoms with E-state index in [1.807, 2.05) is 26.0 Å². The zero-order valence-corrected chi connectivity index (χ0v) is 22.3. The first-order chi connectivity index (χ1) is 17.6. The Hall–Kier alpha value is -3.96. The predicted molar refractivity (Wildman–Crippen MR) is 141 cm³/mol. The summed E-state index contributed by atoms with van der Waals surface area (Å²) in [5, 5.41) is 0. The molecule has 9 nitrogen and oxygen atoms in total. The molecule has 1 amide bonds. The van der Waals surface area contributed by atoms with Crippen LogP contribution in [0, 0.1) is 13.8 Å². The highest BCUT2D eigenvalue weighted by atomic mass is 32.2. The summed E-state index contributed by atoms with van der Waals surface area (Å²) >= 11 is 1.30. The third kappa shape index (κ3) is 5.73. The molecular formula is C26H25N3O6S2. The Kier molecular flexibility index (Phi) is 7.46. The van der Waals surface area contributed by atoms with Crippen LogP contribution in [0.5, 0.6) is 5.75 Å². The van der Waals surface area contributed by atoms with Crippen molar-refractivity contribution in [1.82, 2.24) is 4.57 Å². The van der Waals surface area contributed by atoms with Crippen LogP contribution in [-0.4, -0.2) is 39.1 Å². The summed E-state index contributed by atoms with van der Waals surface area (Å²) in [6, 6.07) is 15.9. The van der Waals surface area contributed by atoms with Crippen LogP contribution in [0.3, 0.4) is 0 Å². The minimum atomic E-state index is -3.82. The number of rotatable bonds is 7. The molecule has 1 N–H and O–H groups in total. The summed E-state index contributed by atoms with van der Waals surface area (Å²) in [5.41, 5.74) is 3.48. The van der Waals surface area contributed by atoms with Gasteiger partial charge in [-0.05, 0) is 85.6 Å². The van der Waals surface area contributed by atoms with E-state index in [0.29, 0.717) is 16.2 Å². The molecule has 4 rings (SSSR count). The van der Waals surface area contributed by atoms with E-state index >= 15 is 0 Å². The smallest absolute Gasteiger partial charge is 0.325 e. The van der Waals surface area contributed by atoms with E-state index in [1.165, 1.54) is 62.0 Å². The van der Waals surface area contributed by atoms with Crippen molar-refractivity contribution in [2.75, 3.05) is 18.9 Å². The third-order valence-corrected chi connectivity index (χ3v) is 8.20. The van der Waals surface area contributed by atoms with Gasteiger partial charge in [-0.1, -0.05) is 11.3 Å². The summed E-state index contributed by atoms with van der Waals surface area (Å²) in [4.78, 5) is 29.7. The van der Waals surface area contributed by atoms with E-state index < -0.39 is 21.9 Å². The van der Waals surface area contributed by atoms with Gasteiger partial charge in [0.2, 0.25) is 0 Å². The Morgan fingerprint density at radius 3 is 2.24 bits per heavy atom. The number of nitrogens with one attached hydrogen (secondary N) is 1. The molecule has 0 fully saturated rings. The lowest BCUT2D eigenvalue weighted by Gasteiger charge is -2.09. The maximum atomic E-state index is 13.0. The van der Waals surface area contributed by atoms with E-state index in [2.05, 4.69) is 9.71 Å². The van der Waals surface area contributed by atoms with Crippen molar-refractivity contribution in [3.8, 4) is 5.75 Å². The minimum Gasteiger partial charge on any atom is -0.497 e. The number of nitrogens with zero attached hydrogens (tertiary/aromatic N) is 2. The lowest BCUT2D eigenvalue weighted by atomic mass is 10.1. The molecule has 3 aromatic carbocycles. The van der Waals surface area contributed by atoms with Gasteiger partial charge in [0.15, 0.2) is 4.80 Å². The number of amides is 1. The summed E-state index contributed by atoms with van der Waals surface area (Å²) in [7, 11) is -1.02. The number of aromatic nitrogens is 1. The maximum Gasteiger partial charge on any atom is 0.325 e. The quantitative estimate of drug-likeness (QED) is 0.354. The molecule has 11 heteroatoms. The summed E-state index contributed by atoms with van der Waals surface area (Å²) in [6.45, 7) is 3.88. The van der Waals surface area contributed by atoms with Crippen LogP contribution in [0.1, 0.15) is 21.5 Å². The highest BCUT2D eigenvalue weighted by molar-refractivity contribution is 7.92. The first-order valence-electron chi connectivity index (χ1n) is 11.1. The fourth-order valence-corrected chi connectivity index (χ4v) is 5.72. The highest BCUT2D eigenvalue weighted by Crippen LogP contribution is 2.23. The Balaban J connectivity index is 1.62. The lowest BCUT2D eigenvalue weighted by Crippen LogP contribution is -2.22. The number of carbonyl (C=O) groups is 2. The molecule has 0 aliphatic carbocycles. The summed E-state index contributed by atoms with van der Waals surface area (Å²) < 4.78 is 40.3. The van der Waals surface area contributed by atoms with Gasteiger partial charge in [0.1, 0.15) is 12.3 Å². The van der Waals surface area contributed by atoms with Gasteiger partial charge in [-0.15, -0.1) is 0 Å². The Morgan fingerprint density at radius 1 is 0.973 bits per heavy atom. The van der Waals surface area contributed by atoms with Gasteiger partial charge in [-0.25, -0.2) is 8.42 Å². The van der Waals surface area contributed by atoms with Crippen LogP contribution < -0.4 is 14.3 Å². The molecule has 192 valence electrons. The second-order valence-electron chi connectivity index (χ2n) is 8.23. The zero-order valence-electron chi connectivity index (χ0n) is 20.6. The van der Waals surface area contributed by atoms with E-state index in [1.54, 1.807) is 16.7 Å². The lowest BCUT2D eigenvalue weighted by molar-refractivity contribution is -0.141. The monoisotopic (exact) mass is 539 g/mol. The van der Waals surface area contributed by atoms with E-state index in [0.717, 1.165) is 21.3 Å². The molecule has 0 bridgehead atoms. The largest absolute Gasteiger partial charge is 0.497 e. The molecule has 4 aromatic rings. The summed E-state index contributed by atoms with van der Waals surface area (Å²) in [5.74, 6) is -0.439. The number of benzene rings is 3. The number of anilines is 1. The van der Waals surface area contributed by atoms with Gasteiger partial charge in [-0.3, -0.25) is 14.3 Å². The Labute approximate surface area is 218 Å². The first kappa shape index (κ1) is 26.1. The van der Waals surface area contributed by atoms with Crippen LogP contribution in [-0.2, 0) is 26.1 Å². The number of fused-ring (bicyclic) bond motifs is 1. The van der Waals surface area contributed by atoms with Crippen LogP contribution in [0.4, 0.5) is 5.69 Å². The number of carbonyl (C=O) groups excluding carboxylic acids is 2. The van der Waals surface area contributed by atoms with Crippen molar-refractivity contribution in [1.29, 1.82) is 0 Å². The number of hydrogen-bond donors (Lipinski definition) is 1. The molecule has 0 saturated heterocycles. The topological polar surface area (TPSA) is 116 Å². The zero-order chi connectivity index (χ0) is 26.7. The van der Waals surface area contributed by atoms with Crippen LogP contribution in [0.25, 0.3) is 10.2 Å². The molecule has 0 aliphatic rings. The average molecular weight is 540 g/mol. The van der Waals surface area contributed by atoms with Gasteiger partial charge < -0.3 is 14.0 Å².